The van der Waals surface area contributed by atoms with Gasteiger partial charge in [-0.1, -0.05) is 53.7 Å². The fourth-order valence-electron chi connectivity index (χ4n) is 3.31. The molecule has 1 amide bonds. The first-order valence-electron chi connectivity index (χ1n) is 10.1. The molecule has 1 aromatic heterocycles. The number of aromatic nitrogens is 3. The van der Waals surface area contributed by atoms with E-state index in [1.807, 2.05) is 61.5 Å². The van der Waals surface area contributed by atoms with Crippen molar-refractivity contribution in [1.82, 2.24) is 15.0 Å². The van der Waals surface area contributed by atoms with Crippen molar-refractivity contribution in [2.45, 2.75) is 26.5 Å². The van der Waals surface area contributed by atoms with Crippen LogP contribution in [0.1, 0.15) is 24.2 Å². The summed E-state index contributed by atoms with van der Waals surface area (Å²) in [4.78, 5) is 25.3. The van der Waals surface area contributed by atoms with E-state index >= 15 is 0 Å². The van der Waals surface area contributed by atoms with Crippen LogP contribution in [0.15, 0.2) is 72.8 Å². The Morgan fingerprint density at radius 2 is 1.77 bits per heavy atom. The number of amides is 1. The Labute approximate surface area is 179 Å². The number of hydrogen-bond donors (Lipinski definition) is 1. The molecule has 0 aliphatic carbocycles. The molecule has 4 aromatic rings. The van der Waals surface area contributed by atoms with E-state index < -0.39 is 18.0 Å². The molecule has 1 heterocycles. The van der Waals surface area contributed by atoms with Crippen LogP contribution < -0.4 is 5.32 Å². The van der Waals surface area contributed by atoms with Gasteiger partial charge in [-0.15, -0.1) is 5.10 Å². The number of hydrogen-bond acceptors (Lipinski definition) is 5. The zero-order chi connectivity index (χ0) is 21.8. The van der Waals surface area contributed by atoms with Gasteiger partial charge in [-0.05, 0) is 43.7 Å². The van der Waals surface area contributed by atoms with E-state index in [1.54, 1.807) is 29.8 Å². The summed E-state index contributed by atoms with van der Waals surface area (Å²) in [6, 6.07) is 22.3. The average molecular weight is 414 g/mol. The van der Waals surface area contributed by atoms with Crippen LogP contribution in [0, 0.1) is 0 Å². The summed E-state index contributed by atoms with van der Waals surface area (Å²) in [6.07, 6.45) is -0.974. The third-order valence-corrected chi connectivity index (χ3v) is 4.97. The first-order valence-corrected chi connectivity index (χ1v) is 10.1. The number of fused-ring (bicyclic) bond motifs is 1. The van der Waals surface area contributed by atoms with E-state index in [4.69, 9.17) is 4.74 Å². The minimum Gasteiger partial charge on any atom is -0.449 e. The second kappa shape index (κ2) is 8.79. The second-order valence-electron chi connectivity index (χ2n) is 7.06. The van der Waals surface area contributed by atoms with Crippen molar-refractivity contribution in [3.63, 3.8) is 0 Å². The van der Waals surface area contributed by atoms with Gasteiger partial charge >= 0.3 is 5.97 Å². The van der Waals surface area contributed by atoms with E-state index in [1.165, 1.54) is 0 Å². The van der Waals surface area contributed by atoms with Crippen LogP contribution in [0.5, 0.6) is 0 Å². The Hall–Kier alpha value is -4.00. The van der Waals surface area contributed by atoms with Gasteiger partial charge in [0.2, 0.25) is 0 Å². The fraction of sp³-hybridized carbons (Fsp3) is 0.167. The predicted molar refractivity (Wildman–Crippen MR) is 119 cm³/mol. The second-order valence-corrected chi connectivity index (χ2v) is 7.06. The Kier molecular flexibility index (Phi) is 5.75. The van der Waals surface area contributed by atoms with Crippen molar-refractivity contribution >= 4 is 28.6 Å². The van der Waals surface area contributed by atoms with Gasteiger partial charge in [-0.2, -0.15) is 0 Å². The first-order chi connectivity index (χ1) is 15.1. The molecule has 0 saturated carbocycles. The van der Waals surface area contributed by atoms with Crippen molar-refractivity contribution in [2.75, 3.05) is 5.32 Å². The van der Waals surface area contributed by atoms with E-state index in [2.05, 4.69) is 15.6 Å². The smallest absolute Gasteiger partial charge is 0.338 e. The molecule has 31 heavy (non-hydrogen) atoms. The molecule has 0 aliphatic rings. The number of rotatable bonds is 6. The van der Waals surface area contributed by atoms with Gasteiger partial charge in [-0.25, -0.2) is 9.48 Å². The molecule has 156 valence electrons. The van der Waals surface area contributed by atoms with Gasteiger partial charge in [0.05, 0.1) is 11.1 Å². The first kappa shape index (κ1) is 20.3. The number of nitrogens with zero attached hydrogens (tertiary/aromatic N) is 3. The number of para-hydroxylation sites is 1. The molecule has 7 nitrogen and oxygen atoms in total. The lowest BCUT2D eigenvalue weighted by atomic mass is 10.0. The zero-order valence-electron chi connectivity index (χ0n) is 17.3. The quantitative estimate of drug-likeness (QED) is 0.475. The predicted octanol–water partition coefficient (Wildman–Crippen LogP) is 4.30. The maximum Gasteiger partial charge on any atom is 0.338 e. The molecule has 1 atom stereocenters. The lowest BCUT2D eigenvalue weighted by Crippen LogP contribution is -2.30. The maximum absolute atomic E-state index is 12.7. The summed E-state index contributed by atoms with van der Waals surface area (Å²) in [5.41, 5.74) is 4.28. The van der Waals surface area contributed by atoms with Crippen molar-refractivity contribution in [3.05, 3.63) is 78.4 Å². The molecule has 3 aromatic carbocycles. The molecular formula is C24H22N4O3. The normalized spacial score (nSPS) is 11.8. The monoisotopic (exact) mass is 414 g/mol. The van der Waals surface area contributed by atoms with Gasteiger partial charge in [0.15, 0.2) is 6.10 Å². The minimum absolute atomic E-state index is 0.319. The highest BCUT2D eigenvalue weighted by Gasteiger charge is 2.21. The summed E-state index contributed by atoms with van der Waals surface area (Å²) < 4.78 is 7.13. The maximum atomic E-state index is 12.7. The Bertz CT molecular complexity index is 1230. The number of anilines is 1. The SMILES string of the molecule is CCn1nnc2cc(C(=O)O[C@H](C)C(=O)Nc3ccccc3-c3ccccc3)ccc21. The van der Waals surface area contributed by atoms with E-state index in [0.717, 1.165) is 16.6 Å². The molecule has 7 heteroatoms. The van der Waals surface area contributed by atoms with Crippen molar-refractivity contribution in [2.24, 2.45) is 0 Å². The van der Waals surface area contributed by atoms with Crippen LogP contribution in [-0.4, -0.2) is 33.0 Å². The van der Waals surface area contributed by atoms with Crippen LogP contribution in [0.2, 0.25) is 0 Å². The molecule has 0 bridgehead atoms. The summed E-state index contributed by atoms with van der Waals surface area (Å²) in [5.74, 6) is -0.998. The van der Waals surface area contributed by atoms with Crippen LogP contribution in [-0.2, 0) is 16.1 Å². The van der Waals surface area contributed by atoms with E-state index in [-0.39, 0.29) is 0 Å². The summed E-state index contributed by atoms with van der Waals surface area (Å²) in [5, 5.41) is 11.0. The number of nitrogens with one attached hydrogen (secondary N) is 1. The summed E-state index contributed by atoms with van der Waals surface area (Å²) in [7, 11) is 0. The topological polar surface area (TPSA) is 86.1 Å². The number of esters is 1. The van der Waals surface area contributed by atoms with E-state index in [0.29, 0.717) is 23.3 Å². The van der Waals surface area contributed by atoms with E-state index in [9.17, 15) is 9.59 Å². The average Bonchev–Trinajstić information content (AvgIpc) is 3.22. The highest BCUT2D eigenvalue weighted by Crippen LogP contribution is 2.27. The highest BCUT2D eigenvalue weighted by molar-refractivity contribution is 6.00. The van der Waals surface area contributed by atoms with Crippen LogP contribution in [0.4, 0.5) is 5.69 Å². The number of carbonyl (C=O) groups is 2. The van der Waals surface area contributed by atoms with Gasteiger partial charge in [-0.3, -0.25) is 4.79 Å². The Morgan fingerprint density at radius 3 is 2.55 bits per heavy atom. The highest BCUT2D eigenvalue weighted by atomic mass is 16.5. The summed E-state index contributed by atoms with van der Waals surface area (Å²) in [6.45, 7) is 4.19. The lowest BCUT2D eigenvalue weighted by molar-refractivity contribution is -0.123. The molecule has 0 aliphatic heterocycles. The molecule has 0 radical (unpaired) electrons. The number of carbonyl (C=O) groups excluding carboxylic acids is 2. The third kappa shape index (κ3) is 4.30. The minimum atomic E-state index is -0.974. The standard InChI is InChI=1S/C24H22N4O3/c1-3-28-22-14-13-18(15-21(22)26-27-28)24(30)31-16(2)23(29)25-20-12-8-7-11-19(20)17-9-5-4-6-10-17/h4-16H,3H2,1-2H3,(H,25,29)/t16-/m1/s1. The number of aryl methyl sites for hydroxylation is 1. The lowest BCUT2D eigenvalue weighted by Gasteiger charge is -2.16. The van der Waals surface area contributed by atoms with Crippen molar-refractivity contribution in [3.8, 4) is 11.1 Å². The molecule has 0 fully saturated rings. The van der Waals surface area contributed by atoms with Gasteiger partial charge in [0.1, 0.15) is 5.52 Å². The molecule has 0 saturated heterocycles. The summed E-state index contributed by atoms with van der Waals surface area (Å²) >= 11 is 0. The van der Waals surface area contributed by atoms with Crippen LogP contribution in [0.25, 0.3) is 22.2 Å². The van der Waals surface area contributed by atoms with Crippen molar-refractivity contribution in [1.29, 1.82) is 0 Å². The Morgan fingerprint density at radius 1 is 1.03 bits per heavy atom. The largest absolute Gasteiger partial charge is 0.449 e. The molecule has 1 N–H and O–H groups in total. The number of benzene rings is 3. The molecular weight excluding hydrogens is 392 g/mol. The van der Waals surface area contributed by atoms with Crippen molar-refractivity contribution < 1.29 is 14.3 Å². The zero-order valence-corrected chi connectivity index (χ0v) is 17.3. The van der Waals surface area contributed by atoms with Gasteiger partial charge in [0.25, 0.3) is 5.91 Å². The Balaban J connectivity index is 1.46. The fourth-order valence-corrected chi connectivity index (χ4v) is 3.31. The molecule has 0 spiro atoms. The third-order valence-electron chi connectivity index (χ3n) is 4.97. The van der Waals surface area contributed by atoms with Gasteiger partial charge < -0.3 is 10.1 Å². The number of ether oxygens (including phenoxy) is 1. The van der Waals surface area contributed by atoms with Gasteiger partial charge in [0, 0.05) is 17.8 Å². The van der Waals surface area contributed by atoms with Crippen LogP contribution >= 0.6 is 0 Å². The molecule has 0 unspecified atom stereocenters. The van der Waals surface area contributed by atoms with Crippen LogP contribution in [0.3, 0.4) is 0 Å². The molecule has 4 rings (SSSR count).